The normalized spacial score (nSPS) is 27.4. The molecule has 0 N–H and O–H groups in total. The molecule has 10 heteroatoms. The van der Waals surface area contributed by atoms with Gasteiger partial charge in [-0.15, -0.1) is 0 Å². The molecule has 1 aromatic heterocycles. The van der Waals surface area contributed by atoms with Gasteiger partial charge in [0, 0.05) is 18.5 Å². The maximum Gasteiger partial charge on any atom is 0.381 e. The van der Waals surface area contributed by atoms with Crippen LogP contribution in [-0.2, 0) is 18.7 Å². The average Bonchev–Trinajstić information content (AvgIpc) is 3.55. The van der Waals surface area contributed by atoms with Gasteiger partial charge < -0.3 is 13.9 Å². The van der Waals surface area contributed by atoms with Crippen LogP contribution >= 0.6 is 12.2 Å². The molecule has 0 aliphatic heterocycles. The van der Waals surface area contributed by atoms with Crippen molar-refractivity contribution in [2.24, 2.45) is 23.2 Å². The molecule has 0 bridgehead atoms. The third-order valence-electron chi connectivity index (χ3n) is 9.65. The van der Waals surface area contributed by atoms with E-state index in [2.05, 4.69) is 32.7 Å². The second-order valence-corrected chi connectivity index (χ2v) is 16.6. The predicted molar refractivity (Wildman–Crippen MR) is 151 cm³/mol. The van der Waals surface area contributed by atoms with Crippen LogP contribution in [0.25, 0.3) is 0 Å². The van der Waals surface area contributed by atoms with Gasteiger partial charge in [-0.3, -0.25) is 4.57 Å². The summed E-state index contributed by atoms with van der Waals surface area (Å²) < 4.78 is 49.6. The molecule has 2 unspecified atom stereocenters. The molecule has 38 heavy (non-hydrogen) atoms. The van der Waals surface area contributed by atoms with Crippen LogP contribution in [0.2, 0.25) is 18.1 Å². The number of rotatable bonds is 12. The lowest BCUT2D eigenvalue weighted by Gasteiger charge is -2.49. The molecule has 216 valence electrons. The van der Waals surface area contributed by atoms with Crippen LogP contribution in [0.5, 0.6) is 0 Å². The molecule has 1 aromatic rings. The number of alkyl halides is 2. The Morgan fingerprint density at radius 2 is 1.89 bits per heavy atom. The lowest BCUT2D eigenvalue weighted by molar-refractivity contribution is -0.188. The first kappa shape index (κ1) is 31.1. The van der Waals surface area contributed by atoms with Gasteiger partial charge in [0.1, 0.15) is 6.33 Å². The van der Waals surface area contributed by atoms with Crippen LogP contribution in [0.4, 0.5) is 8.78 Å². The van der Waals surface area contributed by atoms with Crippen molar-refractivity contribution in [1.82, 2.24) is 9.55 Å². The van der Waals surface area contributed by atoms with Crippen LogP contribution in [-0.4, -0.2) is 53.7 Å². The fraction of sp³-hybridized carbons (Fsp3) is 0.821. The number of halogens is 2. The van der Waals surface area contributed by atoms with Crippen LogP contribution in [0.3, 0.4) is 0 Å². The molecule has 0 spiro atoms. The van der Waals surface area contributed by atoms with Gasteiger partial charge in [0.05, 0.1) is 6.61 Å². The van der Waals surface area contributed by atoms with E-state index in [1.54, 1.807) is 0 Å². The number of thiocarbonyl (C=S) groups is 1. The Bertz CT molecular complexity index is 922. The number of nitrogens with zero attached hydrogens (tertiary/aromatic N) is 2. The van der Waals surface area contributed by atoms with E-state index in [1.165, 1.54) is 30.2 Å². The van der Waals surface area contributed by atoms with Crippen LogP contribution < -0.4 is 0 Å². The summed E-state index contributed by atoms with van der Waals surface area (Å²) in [5.74, 6) is -4.86. The topological polar surface area (TPSA) is 62.6 Å². The zero-order valence-corrected chi connectivity index (χ0v) is 25.7. The van der Waals surface area contributed by atoms with Crippen molar-refractivity contribution in [3.8, 4) is 0 Å². The fourth-order valence-electron chi connectivity index (χ4n) is 7.24. The summed E-state index contributed by atoms with van der Waals surface area (Å²) in [6.07, 6.45) is 8.18. The summed E-state index contributed by atoms with van der Waals surface area (Å²) in [7, 11) is -1.76. The lowest BCUT2D eigenvalue weighted by Crippen LogP contribution is -2.50. The largest absolute Gasteiger partial charge is 0.461 e. The molecule has 0 amide bonds. The van der Waals surface area contributed by atoms with Gasteiger partial charge in [0.2, 0.25) is 0 Å². The van der Waals surface area contributed by atoms with Gasteiger partial charge in [-0.1, -0.05) is 41.0 Å². The molecule has 0 saturated heterocycles. The summed E-state index contributed by atoms with van der Waals surface area (Å²) in [6, 6.07) is 3.37. The standard InChI is InChI=1S/C28H46F2N2O4SSi/c1-7-34-25(33)28(29,30)24(35-26(37)32-17-16-31-19-32)18-20(5)21-13-14-22-23(12-11-15-27(21,22)6)36-38(8-2,9-3)10-4/h16-17,19-24H,7-15,18H2,1-6H3/t20?,21-,22+,23+,24?,27-/m1/s1. The Balaban J connectivity index is 1.81. The van der Waals surface area contributed by atoms with Crippen molar-refractivity contribution in [3.05, 3.63) is 18.7 Å². The quantitative estimate of drug-likeness (QED) is 0.150. The maximum absolute atomic E-state index is 15.4. The summed E-state index contributed by atoms with van der Waals surface area (Å²) in [5, 5.41) is -0.162. The number of imidazole rings is 1. The molecule has 6 atom stereocenters. The number of ether oxygens (including phenoxy) is 2. The number of carbonyl (C=O) groups excluding carboxylic acids is 1. The van der Waals surface area contributed by atoms with Gasteiger partial charge in [-0.2, -0.15) is 8.78 Å². The molecule has 2 saturated carbocycles. The van der Waals surface area contributed by atoms with Crippen LogP contribution in [0.1, 0.15) is 80.1 Å². The van der Waals surface area contributed by atoms with E-state index in [4.69, 9.17) is 26.1 Å². The van der Waals surface area contributed by atoms with Gasteiger partial charge >= 0.3 is 11.9 Å². The minimum absolute atomic E-state index is 0.00325. The number of hydrogen-bond donors (Lipinski definition) is 0. The highest BCUT2D eigenvalue weighted by atomic mass is 32.1. The summed E-state index contributed by atoms with van der Waals surface area (Å²) in [4.78, 5) is 16.2. The lowest BCUT2D eigenvalue weighted by atomic mass is 9.61. The fourth-order valence-corrected chi connectivity index (χ4v) is 10.4. The highest BCUT2D eigenvalue weighted by Crippen LogP contribution is 2.59. The van der Waals surface area contributed by atoms with E-state index >= 15 is 8.78 Å². The minimum Gasteiger partial charge on any atom is -0.461 e. The maximum atomic E-state index is 15.4. The van der Waals surface area contributed by atoms with E-state index in [0.717, 1.165) is 50.2 Å². The SMILES string of the molecule is CCOC(=O)C(F)(F)C(CC(C)[C@H]1CC[C@H]2[C@@H](O[Si](CC)(CC)CC)CCC[C@]12C)OC(=S)n1ccnc1. The summed E-state index contributed by atoms with van der Waals surface area (Å²) in [6.45, 7) is 12.5. The molecule has 2 fully saturated rings. The minimum atomic E-state index is -3.83. The van der Waals surface area contributed by atoms with Crippen molar-refractivity contribution in [1.29, 1.82) is 0 Å². The predicted octanol–water partition coefficient (Wildman–Crippen LogP) is 7.23. The zero-order chi connectivity index (χ0) is 28.1. The smallest absolute Gasteiger partial charge is 0.381 e. The molecule has 0 radical (unpaired) electrons. The van der Waals surface area contributed by atoms with Gasteiger partial charge in [0.25, 0.3) is 5.17 Å². The molecular weight excluding hydrogens is 526 g/mol. The van der Waals surface area contributed by atoms with Crippen molar-refractivity contribution < 1.29 is 27.5 Å². The molecule has 2 aliphatic rings. The second kappa shape index (κ2) is 12.9. The summed E-state index contributed by atoms with van der Waals surface area (Å²) >= 11 is 5.28. The number of aromatic nitrogens is 2. The Kier molecular flexibility index (Phi) is 10.5. The number of fused-ring (bicyclic) bond motifs is 1. The van der Waals surface area contributed by atoms with Crippen LogP contribution in [0.15, 0.2) is 18.7 Å². The number of carbonyl (C=O) groups is 1. The number of hydrogen-bond acceptors (Lipinski definition) is 6. The van der Waals surface area contributed by atoms with Gasteiger partial charge in [-0.25, -0.2) is 9.78 Å². The van der Waals surface area contributed by atoms with E-state index in [1.807, 2.05) is 6.92 Å². The van der Waals surface area contributed by atoms with E-state index in [0.29, 0.717) is 5.92 Å². The van der Waals surface area contributed by atoms with Crippen LogP contribution in [0, 0.1) is 23.2 Å². The monoisotopic (exact) mass is 572 g/mol. The Morgan fingerprint density at radius 3 is 2.47 bits per heavy atom. The molecule has 3 rings (SSSR count). The molecule has 6 nitrogen and oxygen atoms in total. The molecule has 0 aromatic carbocycles. The third kappa shape index (κ3) is 6.33. The van der Waals surface area contributed by atoms with E-state index < -0.39 is 26.3 Å². The van der Waals surface area contributed by atoms with Crippen molar-refractivity contribution in [3.63, 3.8) is 0 Å². The molecule has 2 aliphatic carbocycles. The first-order chi connectivity index (χ1) is 18.0. The average molecular weight is 573 g/mol. The first-order valence-corrected chi connectivity index (χ1v) is 17.3. The molecule has 1 heterocycles. The Morgan fingerprint density at radius 1 is 1.21 bits per heavy atom. The number of esters is 1. The second-order valence-electron chi connectivity index (χ2n) is 11.5. The van der Waals surface area contributed by atoms with Crippen molar-refractivity contribution in [2.75, 3.05) is 6.61 Å². The van der Waals surface area contributed by atoms with Crippen molar-refractivity contribution in [2.45, 2.75) is 116 Å². The highest BCUT2D eigenvalue weighted by Gasteiger charge is 2.56. The third-order valence-corrected chi connectivity index (χ3v) is 14.6. The van der Waals surface area contributed by atoms with E-state index in [-0.39, 0.29) is 41.6 Å². The van der Waals surface area contributed by atoms with Gasteiger partial charge in [-0.05, 0) is 92.5 Å². The Hall–Kier alpha value is -1.39. The highest BCUT2D eigenvalue weighted by molar-refractivity contribution is 7.80. The van der Waals surface area contributed by atoms with Crippen molar-refractivity contribution >= 4 is 31.7 Å². The first-order valence-electron chi connectivity index (χ1n) is 14.4. The van der Waals surface area contributed by atoms with Gasteiger partial charge in [0.15, 0.2) is 14.4 Å². The zero-order valence-electron chi connectivity index (χ0n) is 23.9. The molecular formula is C28H46F2N2O4SSi. The van der Waals surface area contributed by atoms with E-state index in [9.17, 15) is 4.79 Å². The Labute approximate surface area is 233 Å². The summed E-state index contributed by atoms with van der Waals surface area (Å²) in [5.41, 5.74) is 0.00627.